The molecule has 0 aliphatic carbocycles. The summed E-state index contributed by atoms with van der Waals surface area (Å²) < 4.78 is 29.3. The molecule has 0 saturated heterocycles. The molecule has 12 nitrogen and oxygen atoms in total. The molecule has 1 unspecified atom stereocenters. The van der Waals surface area contributed by atoms with Crippen molar-refractivity contribution in [2.24, 2.45) is 0 Å². The summed E-state index contributed by atoms with van der Waals surface area (Å²) in [5, 5.41) is 12.3. The van der Waals surface area contributed by atoms with Gasteiger partial charge in [-0.2, -0.15) is 0 Å². The van der Waals surface area contributed by atoms with E-state index in [2.05, 4.69) is 10.1 Å². The predicted octanol–water partition coefficient (Wildman–Crippen LogP) is 3.29. The summed E-state index contributed by atoms with van der Waals surface area (Å²) in [6.07, 6.45) is -2.38. The summed E-state index contributed by atoms with van der Waals surface area (Å²) in [6.45, 7) is 5.52. The quantitative estimate of drug-likeness (QED) is 0.239. The molecule has 34 heavy (non-hydrogen) atoms. The van der Waals surface area contributed by atoms with Gasteiger partial charge in [0.05, 0.1) is 20.3 Å². The molecular weight excluding hydrogens is 454 g/mol. The number of carboxylic acid groups (broad SMARTS) is 1. The van der Waals surface area contributed by atoms with Crippen molar-refractivity contribution in [2.45, 2.75) is 52.2 Å². The van der Waals surface area contributed by atoms with Crippen LogP contribution in [0.1, 0.15) is 39.2 Å². The van der Waals surface area contributed by atoms with Crippen LogP contribution in [0.15, 0.2) is 18.2 Å². The van der Waals surface area contributed by atoms with Crippen molar-refractivity contribution in [3.05, 3.63) is 23.8 Å². The number of ether oxygens (including phenoxy) is 6. The van der Waals surface area contributed by atoms with E-state index >= 15 is 0 Å². The maximum Gasteiger partial charge on any atom is 0.513 e. The summed E-state index contributed by atoms with van der Waals surface area (Å²) in [4.78, 5) is 46.6. The van der Waals surface area contributed by atoms with Gasteiger partial charge >= 0.3 is 24.4 Å². The van der Waals surface area contributed by atoms with Crippen LogP contribution in [0.3, 0.4) is 0 Å². The predicted molar refractivity (Wildman–Crippen MR) is 117 cm³/mol. The van der Waals surface area contributed by atoms with E-state index in [4.69, 9.17) is 23.7 Å². The second-order valence-corrected chi connectivity index (χ2v) is 7.07. The summed E-state index contributed by atoms with van der Waals surface area (Å²) in [5.41, 5.74) is 0.453. The van der Waals surface area contributed by atoms with Crippen molar-refractivity contribution in [1.29, 1.82) is 0 Å². The van der Waals surface area contributed by atoms with Gasteiger partial charge < -0.3 is 38.8 Å². The molecule has 0 saturated carbocycles. The Kier molecular flexibility index (Phi) is 12.8. The summed E-state index contributed by atoms with van der Waals surface area (Å²) >= 11 is 0. The van der Waals surface area contributed by atoms with Crippen LogP contribution in [-0.2, 0) is 30.2 Å². The van der Waals surface area contributed by atoms with E-state index in [0.717, 1.165) is 7.11 Å². The molecule has 0 aliphatic heterocycles. The third-order valence-electron chi connectivity index (χ3n) is 4.10. The van der Waals surface area contributed by atoms with Crippen molar-refractivity contribution in [3.63, 3.8) is 0 Å². The molecule has 190 valence electrons. The fourth-order valence-corrected chi connectivity index (χ4v) is 2.50. The maximum atomic E-state index is 11.9. The van der Waals surface area contributed by atoms with Gasteiger partial charge in [-0.05, 0) is 43.9 Å². The molecule has 1 aromatic rings. The number of carbonyl (C=O) groups excluding carboxylic acids is 3. The van der Waals surface area contributed by atoms with Gasteiger partial charge in [0, 0.05) is 6.54 Å². The van der Waals surface area contributed by atoms with E-state index in [0.29, 0.717) is 18.4 Å². The van der Waals surface area contributed by atoms with Gasteiger partial charge in [-0.25, -0.2) is 14.4 Å². The van der Waals surface area contributed by atoms with E-state index in [1.165, 1.54) is 18.2 Å². The van der Waals surface area contributed by atoms with Crippen LogP contribution in [0.5, 0.6) is 11.5 Å². The first-order valence-electron chi connectivity index (χ1n) is 10.7. The first kappa shape index (κ1) is 28.5. The SMILES string of the molecule is CCCOC(=O)Oc1ccc(C[C@H](NCC(C)OC(=O)OC)C(=O)O)cc1OC(=O)OCCC. The molecule has 0 amide bonds. The van der Waals surface area contributed by atoms with Gasteiger partial charge in [-0.1, -0.05) is 19.9 Å². The number of aliphatic carboxylic acids is 1. The molecule has 1 rings (SSSR count). The molecule has 0 bridgehead atoms. The van der Waals surface area contributed by atoms with Crippen LogP contribution in [0.2, 0.25) is 0 Å². The second kappa shape index (κ2) is 15.3. The fourth-order valence-electron chi connectivity index (χ4n) is 2.50. The van der Waals surface area contributed by atoms with Crippen molar-refractivity contribution < 1.29 is 52.7 Å². The Morgan fingerprint density at radius 2 is 1.53 bits per heavy atom. The number of carboxylic acids is 1. The Bertz CT molecular complexity index is 827. The van der Waals surface area contributed by atoms with Crippen LogP contribution in [0, 0.1) is 0 Å². The van der Waals surface area contributed by atoms with Crippen molar-refractivity contribution in [3.8, 4) is 11.5 Å². The van der Waals surface area contributed by atoms with E-state index in [1.807, 2.05) is 13.8 Å². The normalized spacial score (nSPS) is 12.1. The van der Waals surface area contributed by atoms with Crippen molar-refractivity contribution >= 4 is 24.4 Å². The topological polar surface area (TPSA) is 156 Å². The van der Waals surface area contributed by atoms with Crippen molar-refractivity contribution in [1.82, 2.24) is 5.32 Å². The molecule has 2 atom stereocenters. The first-order valence-corrected chi connectivity index (χ1v) is 10.7. The Labute approximate surface area is 197 Å². The van der Waals surface area contributed by atoms with Crippen molar-refractivity contribution in [2.75, 3.05) is 26.9 Å². The first-order chi connectivity index (χ1) is 16.2. The number of hydrogen-bond donors (Lipinski definition) is 2. The Morgan fingerprint density at radius 1 is 0.941 bits per heavy atom. The highest BCUT2D eigenvalue weighted by molar-refractivity contribution is 5.74. The smallest absolute Gasteiger partial charge is 0.480 e. The summed E-state index contributed by atoms with van der Waals surface area (Å²) in [5.74, 6) is -1.39. The Morgan fingerprint density at radius 3 is 2.06 bits per heavy atom. The molecule has 12 heteroatoms. The molecule has 0 aromatic heterocycles. The Balaban J connectivity index is 2.98. The molecule has 0 aliphatic rings. The number of rotatable bonds is 13. The largest absolute Gasteiger partial charge is 0.513 e. The Hall–Kier alpha value is -3.54. The van der Waals surface area contributed by atoms with Gasteiger partial charge in [0.2, 0.25) is 0 Å². The zero-order valence-electron chi connectivity index (χ0n) is 19.7. The average molecular weight is 485 g/mol. The molecule has 2 N–H and O–H groups in total. The minimum Gasteiger partial charge on any atom is -0.480 e. The van der Waals surface area contributed by atoms with Crippen LogP contribution >= 0.6 is 0 Å². The average Bonchev–Trinajstić information content (AvgIpc) is 2.80. The second-order valence-electron chi connectivity index (χ2n) is 7.07. The third-order valence-corrected chi connectivity index (χ3v) is 4.10. The number of carbonyl (C=O) groups is 4. The molecule has 0 radical (unpaired) electrons. The molecule has 0 heterocycles. The minimum absolute atomic E-state index is 0.0266. The van der Waals surface area contributed by atoms with Crippen LogP contribution in [0.25, 0.3) is 0 Å². The molecule has 0 spiro atoms. The highest BCUT2D eigenvalue weighted by Crippen LogP contribution is 2.30. The summed E-state index contributed by atoms with van der Waals surface area (Å²) in [6, 6.07) is 3.16. The van der Waals surface area contributed by atoms with Gasteiger partial charge in [-0.15, -0.1) is 0 Å². The number of hydrogen-bond acceptors (Lipinski definition) is 11. The lowest BCUT2D eigenvalue weighted by Gasteiger charge is -2.19. The molecule has 1 aromatic carbocycles. The summed E-state index contributed by atoms with van der Waals surface area (Å²) in [7, 11) is 1.16. The highest BCUT2D eigenvalue weighted by atomic mass is 16.7. The lowest BCUT2D eigenvalue weighted by molar-refractivity contribution is -0.139. The highest BCUT2D eigenvalue weighted by Gasteiger charge is 2.22. The fraction of sp³-hybridized carbons (Fsp3) is 0.545. The van der Waals surface area contributed by atoms with E-state index in [1.54, 1.807) is 6.92 Å². The van der Waals surface area contributed by atoms with Crippen LogP contribution < -0.4 is 14.8 Å². The lowest BCUT2D eigenvalue weighted by atomic mass is 10.0. The number of methoxy groups -OCH3 is 1. The van der Waals surface area contributed by atoms with Crippen LogP contribution in [0.4, 0.5) is 14.4 Å². The zero-order chi connectivity index (χ0) is 25.5. The van der Waals surface area contributed by atoms with Gasteiger partial charge in [-0.3, -0.25) is 4.79 Å². The van der Waals surface area contributed by atoms with Crippen LogP contribution in [-0.4, -0.2) is 68.6 Å². The lowest BCUT2D eigenvalue weighted by Crippen LogP contribution is -2.42. The van der Waals surface area contributed by atoms with Gasteiger partial charge in [0.25, 0.3) is 0 Å². The number of nitrogens with one attached hydrogen (secondary N) is 1. The standard InChI is InChI=1S/C22H31NO11/c1-5-9-30-21(27)33-17-8-7-15(12-18(17)34-22(28)31-10-6-2)11-16(19(24)25)23-13-14(3)32-20(26)29-4/h7-8,12,14,16,23H,5-6,9-11,13H2,1-4H3,(H,24,25)/t14?,16-/m0/s1. The van der Waals surface area contributed by atoms with E-state index in [-0.39, 0.29) is 37.7 Å². The van der Waals surface area contributed by atoms with Gasteiger partial charge in [0.1, 0.15) is 12.1 Å². The molecule has 0 fully saturated rings. The third kappa shape index (κ3) is 10.9. The maximum absolute atomic E-state index is 11.9. The van der Waals surface area contributed by atoms with E-state index < -0.39 is 36.6 Å². The number of benzene rings is 1. The van der Waals surface area contributed by atoms with E-state index in [9.17, 15) is 24.3 Å². The van der Waals surface area contributed by atoms with Gasteiger partial charge in [0.15, 0.2) is 11.5 Å². The monoisotopic (exact) mass is 485 g/mol. The molecular formula is C22H31NO11. The minimum atomic E-state index is -1.15. The zero-order valence-corrected chi connectivity index (χ0v) is 19.7.